The Bertz CT molecular complexity index is 457. The summed E-state index contributed by atoms with van der Waals surface area (Å²) < 4.78 is 2.59. The van der Waals surface area contributed by atoms with Crippen LogP contribution in [0.4, 0.5) is 0 Å². The van der Waals surface area contributed by atoms with E-state index in [2.05, 4.69) is 76.6 Å². The van der Waals surface area contributed by atoms with Crippen LogP contribution in [0.3, 0.4) is 0 Å². The molecule has 0 aliphatic carbocycles. The predicted molar refractivity (Wildman–Crippen MR) is 73.8 cm³/mol. The SMILES string of the molecule is Cc1c(C)c(I)c2ccccc2c1Br. The second kappa shape index (κ2) is 3.81. The molecule has 0 atom stereocenters. The molecule has 72 valence electrons. The largest absolute Gasteiger partial charge is 0.0616 e. The summed E-state index contributed by atoms with van der Waals surface area (Å²) in [4.78, 5) is 0. The maximum Gasteiger partial charge on any atom is 0.0286 e. The van der Waals surface area contributed by atoms with Crippen molar-refractivity contribution in [2.45, 2.75) is 13.8 Å². The van der Waals surface area contributed by atoms with Gasteiger partial charge in [0, 0.05) is 8.04 Å². The molecular weight excluding hydrogens is 351 g/mol. The van der Waals surface area contributed by atoms with Crippen molar-refractivity contribution in [1.82, 2.24) is 0 Å². The van der Waals surface area contributed by atoms with Crippen molar-refractivity contribution in [2.75, 3.05) is 0 Å². The van der Waals surface area contributed by atoms with Gasteiger partial charge in [0.05, 0.1) is 0 Å². The van der Waals surface area contributed by atoms with Gasteiger partial charge in [0.15, 0.2) is 0 Å². The van der Waals surface area contributed by atoms with Crippen LogP contribution in [-0.4, -0.2) is 0 Å². The van der Waals surface area contributed by atoms with E-state index in [1.54, 1.807) is 0 Å². The molecule has 0 saturated heterocycles. The summed E-state index contributed by atoms with van der Waals surface area (Å²) in [6.45, 7) is 4.34. The highest BCUT2D eigenvalue weighted by Gasteiger charge is 2.09. The predicted octanol–water partition coefficient (Wildman–Crippen LogP) is 4.82. The molecule has 0 aliphatic rings. The van der Waals surface area contributed by atoms with Crippen LogP contribution in [0, 0.1) is 17.4 Å². The average molecular weight is 361 g/mol. The molecule has 0 fully saturated rings. The van der Waals surface area contributed by atoms with Crippen molar-refractivity contribution in [3.8, 4) is 0 Å². The number of halogens is 2. The number of hydrogen-bond donors (Lipinski definition) is 0. The standard InChI is InChI=1S/C12H10BrI/c1-7-8(2)12(14)10-6-4-3-5-9(10)11(7)13/h3-6H,1-2H3. The van der Waals surface area contributed by atoms with E-state index in [-0.39, 0.29) is 0 Å². The number of benzene rings is 2. The zero-order valence-corrected chi connectivity index (χ0v) is 11.8. The van der Waals surface area contributed by atoms with Gasteiger partial charge in [-0.2, -0.15) is 0 Å². The molecular formula is C12H10BrI. The first kappa shape index (κ1) is 10.4. The molecule has 0 bridgehead atoms. The highest BCUT2D eigenvalue weighted by Crippen LogP contribution is 2.34. The molecule has 0 saturated carbocycles. The van der Waals surface area contributed by atoms with E-state index in [1.807, 2.05) is 0 Å². The van der Waals surface area contributed by atoms with Crippen molar-refractivity contribution < 1.29 is 0 Å². The minimum Gasteiger partial charge on any atom is -0.0616 e. The van der Waals surface area contributed by atoms with Crippen LogP contribution < -0.4 is 0 Å². The summed E-state index contributed by atoms with van der Waals surface area (Å²) in [5.74, 6) is 0. The van der Waals surface area contributed by atoms with E-state index in [1.165, 1.54) is 29.9 Å². The maximum atomic E-state index is 3.66. The molecule has 0 unspecified atom stereocenters. The zero-order valence-electron chi connectivity index (χ0n) is 8.07. The molecule has 0 aliphatic heterocycles. The Hall–Kier alpha value is -0.0900. The molecule has 0 radical (unpaired) electrons. The van der Waals surface area contributed by atoms with Gasteiger partial charge in [-0.1, -0.05) is 24.3 Å². The Balaban J connectivity index is 3.02. The molecule has 0 spiro atoms. The number of hydrogen-bond acceptors (Lipinski definition) is 0. The van der Waals surface area contributed by atoms with Gasteiger partial charge < -0.3 is 0 Å². The normalized spacial score (nSPS) is 10.9. The van der Waals surface area contributed by atoms with Gasteiger partial charge in [-0.15, -0.1) is 0 Å². The highest BCUT2D eigenvalue weighted by atomic mass is 127. The quantitative estimate of drug-likeness (QED) is 0.590. The molecule has 2 aromatic carbocycles. The molecule has 0 heterocycles. The second-order valence-corrected chi connectivity index (χ2v) is 5.30. The summed E-state index contributed by atoms with van der Waals surface area (Å²) in [7, 11) is 0. The average Bonchev–Trinajstić information content (AvgIpc) is 2.23. The van der Waals surface area contributed by atoms with E-state index >= 15 is 0 Å². The fourth-order valence-electron chi connectivity index (χ4n) is 1.60. The number of fused-ring (bicyclic) bond motifs is 1. The maximum absolute atomic E-state index is 3.66. The van der Waals surface area contributed by atoms with Crippen LogP contribution in [0.2, 0.25) is 0 Å². The minimum absolute atomic E-state index is 1.23. The van der Waals surface area contributed by atoms with Crippen molar-refractivity contribution in [3.05, 3.63) is 43.4 Å². The van der Waals surface area contributed by atoms with Gasteiger partial charge in [-0.25, -0.2) is 0 Å². The van der Waals surface area contributed by atoms with Crippen molar-refractivity contribution in [2.24, 2.45) is 0 Å². The third-order valence-electron chi connectivity index (χ3n) is 2.62. The minimum atomic E-state index is 1.23. The van der Waals surface area contributed by atoms with Gasteiger partial charge in [0.25, 0.3) is 0 Å². The molecule has 0 N–H and O–H groups in total. The Morgan fingerprint density at radius 3 is 2.21 bits per heavy atom. The van der Waals surface area contributed by atoms with Crippen LogP contribution in [0.5, 0.6) is 0 Å². The first-order valence-corrected chi connectivity index (χ1v) is 6.33. The summed E-state index contributed by atoms with van der Waals surface area (Å²) in [6, 6.07) is 8.51. The van der Waals surface area contributed by atoms with E-state index < -0.39 is 0 Å². The van der Waals surface area contributed by atoms with Crippen LogP contribution >= 0.6 is 38.5 Å². The Labute approximate surface area is 106 Å². The molecule has 0 aromatic heterocycles. The third-order valence-corrected chi connectivity index (χ3v) is 5.03. The lowest BCUT2D eigenvalue weighted by atomic mass is 10.0. The second-order valence-electron chi connectivity index (χ2n) is 3.42. The molecule has 2 rings (SSSR count). The third kappa shape index (κ3) is 1.48. The first-order chi connectivity index (χ1) is 6.63. The van der Waals surface area contributed by atoms with Crippen molar-refractivity contribution in [3.63, 3.8) is 0 Å². The fraction of sp³-hybridized carbons (Fsp3) is 0.167. The Morgan fingerprint density at radius 2 is 1.57 bits per heavy atom. The summed E-state index contributed by atoms with van der Waals surface area (Å²) in [5.41, 5.74) is 2.71. The smallest absolute Gasteiger partial charge is 0.0286 e. The summed E-state index contributed by atoms with van der Waals surface area (Å²) >= 11 is 6.09. The molecule has 0 nitrogen and oxygen atoms in total. The summed E-state index contributed by atoms with van der Waals surface area (Å²) in [6.07, 6.45) is 0. The van der Waals surface area contributed by atoms with Gasteiger partial charge in [0.1, 0.15) is 0 Å². The Kier molecular flexibility index (Phi) is 2.84. The lowest BCUT2D eigenvalue weighted by Gasteiger charge is -2.11. The highest BCUT2D eigenvalue weighted by molar-refractivity contribution is 14.1. The monoisotopic (exact) mass is 360 g/mol. The lowest BCUT2D eigenvalue weighted by molar-refractivity contribution is 1.32. The zero-order chi connectivity index (χ0) is 10.3. The first-order valence-electron chi connectivity index (χ1n) is 4.46. The van der Waals surface area contributed by atoms with E-state index in [9.17, 15) is 0 Å². The van der Waals surface area contributed by atoms with Crippen LogP contribution in [0.25, 0.3) is 10.8 Å². The van der Waals surface area contributed by atoms with Crippen molar-refractivity contribution >= 4 is 49.3 Å². The number of rotatable bonds is 0. The van der Waals surface area contributed by atoms with Gasteiger partial charge >= 0.3 is 0 Å². The van der Waals surface area contributed by atoms with Crippen LogP contribution in [0.1, 0.15) is 11.1 Å². The molecule has 2 aromatic rings. The van der Waals surface area contributed by atoms with Gasteiger partial charge in [-0.05, 0) is 74.3 Å². The van der Waals surface area contributed by atoms with Gasteiger partial charge in [0.2, 0.25) is 0 Å². The van der Waals surface area contributed by atoms with Gasteiger partial charge in [-0.3, -0.25) is 0 Å². The van der Waals surface area contributed by atoms with Crippen LogP contribution in [0.15, 0.2) is 28.7 Å². The molecule has 0 amide bonds. The molecule has 14 heavy (non-hydrogen) atoms. The van der Waals surface area contributed by atoms with E-state index in [4.69, 9.17) is 0 Å². The Morgan fingerprint density at radius 1 is 1.00 bits per heavy atom. The van der Waals surface area contributed by atoms with Crippen LogP contribution in [-0.2, 0) is 0 Å². The fourth-order valence-corrected chi connectivity index (χ4v) is 3.12. The van der Waals surface area contributed by atoms with E-state index in [0.717, 1.165) is 0 Å². The van der Waals surface area contributed by atoms with Crippen molar-refractivity contribution in [1.29, 1.82) is 0 Å². The lowest BCUT2D eigenvalue weighted by Crippen LogP contribution is -1.90. The topological polar surface area (TPSA) is 0 Å². The van der Waals surface area contributed by atoms with E-state index in [0.29, 0.717) is 0 Å². The summed E-state index contributed by atoms with van der Waals surface area (Å²) in [5, 5.41) is 2.64. The molecule has 2 heteroatoms.